The normalized spacial score (nSPS) is 9.42. The van der Waals surface area contributed by atoms with Gasteiger partial charge in [0, 0.05) is 12.8 Å². The van der Waals surface area contributed by atoms with Gasteiger partial charge in [0.25, 0.3) is 0 Å². The molecule has 0 aliphatic carbocycles. The molecule has 0 saturated heterocycles. The van der Waals surface area contributed by atoms with E-state index in [9.17, 15) is 4.39 Å². The monoisotopic (exact) mass is 182 g/mol. The van der Waals surface area contributed by atoms with E-state index < -0.39 is 5.82 Å². The number of hydrogen-bond donors (Lipinski definition) is 0. The Morgan fingerprint density at radius 3 is 2.92 bits per heavy atom. The molecule has 1 aromatic rings. The molecule has 0 unspecified atom stereocenters. The molecule has 0 spiro atoms. The summed E-state index contributed by atoms with van der Waals surface area (Å²) in [4.78, 5) is 0. The molecule has 12 heavy (non-hydrogen) atoms. The smallest absolute Gasteiger partial charge is 0.141 e. The van der Waals surface area contributed by atoms with Crippen molar-refractivity contribution in [3.63, 3.8) is 0 Å². The number of hydrogen-bond acceptors (Lipinski definition) is 1. The second-order valence-corrected chi connectivity index (χ2v) is 2.65. The average Bonchev–Trinajstić information content (AvgIpc) is 2.07. The summed E-state index contributed by atoms with van der Waals surface area (Å²) in [6.45, 7) is 0. The quantitative estimate of drug-likeness (QED) is 0.690. The van der Waals surface area contributed by atoms with Crippen LogP contribution in [0.5, 0.6) is 0 Å². The standard InChI is InChI=1S/C9H6ClFN/c10-8-6-7(2-1-5-12)3-4-9(8)11/h2-4,6H,1H2. The summed E-state index contributed by atoms with van der Waals surface area (Å²) in [7, 11) is 0. The highest BCUT2D eigenvalue weighted by Gasteiger charge is 1.99. The molecule has 0 amide bonds. The van der Waals surface area contributed by atoms with Gasteiger partial charge in [-0.15, -0.1) is 0 Å². The summed E-state index contributed by atoms with van der Waals surface area (Å²) in [5.74, 6) is -0.439. The fraction of sp³-hybridized carbons (Fsp3) is 0.111. The van der Waals surface area contributed by atoms with Crippen LogP contribution >= 0.6 is 11.6 Å². The highest BCUT2D eigenvalue weighted by Crippen LogP contribution is 2.17. The second kappa shape index (κ2) is 4.08. The van der Waals surface area contributed by atoms with Gasteiger partial charge in [0.05, 0.1) is 11.1 Å². The Morgan fingerprint density at radius 1 is 1.58 bits per heavy atom. The van der Waals surface area contributed by atoms with Crippen LogP contribution in [0.2, 0.25) is 5.02 Å². The lowest BCUT2D eigenvalue weighted by atomic mass is 10.1. The maximum atomic E-state index is 12.6. The number of rotatable bonds is 2. The average molecular weight is 183 g/mol. The van der Waals surface area contributed by atoms with Crippen molar-refractivity contribution < 1.29 is 4.39 Å². The molecule has 0 atom stereocenters. The van der Waals surface area contributed by atoms with Crippen LogP contribution in [0.3, 0.4) is 0 Å². The van der Waals surface area contributed by atoms with Crippen molar-refractivity contribution in [2.75, 3.05) is 0 Å². The Labute approximate surface area is 75.4 Å². The van der Waals surface area contributed by atoms with Crippen LogP contribution in [-0.2, 0) is 0 Å². The Hall–Kier alpha value is -1.07. The van der Waals surface area contributed by atoms with Crippen LogP contribution in [0.1, 0.15) is 12.0 Å². The van der Waals surface area contributed by atoms with Gasteiger partial charge in [0.15, 0.2) is 0 Å². The van der Waals surface area contributed by atoms with Gasteiger partial charge in [-0.25, -0.2) is 4.39 Å². The molecule has 0 N–H and O–H groups in total. The van der Waals surface area contributed by atoms with Crippen LogP contribution < -0.4 is 0 Å². The van der Waals surface area contributed by atoms with E-state index in [-0.39, 0.29) is 5.02 Å². The molecule has 61 valence electrons. The van der Waals surface area contributed by atoms with Crippen molar-refractivity contribution in [2.24, 2.45) is 0 Å². The van der Waals surface area contributed by atoms with Crippen LogP contribution in [0.4, 0.5) is 4.39 Å². The van der Waals surface area contributed by atoms with E-state index in [4.69, 9.17) is 16.9 Å². The minimum atomic E-state index is -0.439. The van der Waals surface area contributed by atoms with Crippen LogP contribution in [0.15, 0.2) is 18.2 Å². The van der Waals surface area contributed by atoms with Gasteiger partial charge in [-0.3, -0.25) is 0 Å². The van der Waals surface area contributed by atoms with E-state index in [1.54, 1.807) is 12.5 Å². The van der Waals surface area contributed by atoms with Crippen molar-refractivity contribution in [1.82, 2.24) is 0 Å². The predicted octanol–water partition coefficient (Wildman–Crippen LogP) is 2.95. The summed E-state index contributed by atoms with van der Waals surface area (Å²) in [6.07, 6.45) is 1.99. The van der Waals surface area contributed by atoms with Crippen molar-refractivity contribution in [3.8, 4) is 6.07 Å². The molecule has 0 bridgehead atoms. The first-order valence-corrected chi connectivity index (χ1v) is 3.77. The Morgan fingerprint density at radius 2 is 2.33 bits per heavy atom. The maximum Gasteiger partial charge on any atom is 0.141 e. The molecule has 1 rings (SSSR count). The van der Waals surface area contributed by atoms with Gasteiger partial charge in [-0.05, 0) is 17.7 Å². The lowest BCUT2D eigenvalue weighted by Crippen LogP contribution is -1.83. The molecule has 0 aliphatic heterocycles. The molecule has 1 radical (unpaired) electrons. The summed E-state index contributed by atoms with van der Waals surface area (Å²) in [6, 6.07) is 6.32. The highest BCUT2D eigenvalue weighted by atomic mass is 35.5. The SMILES string of the molecule is N#CC[CH]c1ccc(F)c(Cl)c1. The first-order valence-electron chi connectivity index (χ1n) is 3.39. The first-order chi connectivity index (χ1) is 5.74. The van der Waals surface area contributed by atoms with Crippen LogP contribution in [-0.4, -0.2) is 0 Å². The predicted molar refractivity (Wildman–Crippen MR) is 45.0 cm³/mol. The number of halogens is 2. The number of benzene rings is 1. The fourth-order valence-electron chi connectivity index (χ4n) is 0.803. The lowest BCUT2D eigenvalue weighted by molar-refractivity contribution is 0.628. The van der Waals surface area contributed by atoms with Crippen LogP contribution in [0.25, 0.3) is 0 Å². The minimum Gasteiger partial charge on any atom is -0.205 e. The molecular formula is C9H6ClFN. The van der Waals surface area contributed by atoms with Crippen molar-refractivity contribution >= 4 is 11.6 Å². The summed E-state index contributed by atoms with van der Waals surface area (Å²) < 4.78 is 12.6. The van der Waals surface area contributed by atoms with Gasteiger partial charge in [0.2, 0.25) is 0 Å². The van der Waals surface area contributed by atoms with E-state index in [1.165, 1.54) is 12.1 Å². The zero-order chi connectivity index (χ0) is 8.97. The first kappa shape index (κ1) is 9.02. The third-order valence-corrected chi connectivity index (χ3v) is 1.66. The molecule has 0 saturated carbocycles. The highest BCUT2D eigenvalue weighted by molar-refractivity contribution is 6.30. The molecule has 3 heteroatoms. The summed E-state index contributed by atoms with van der Waals surface area (Å²) >= 11 is 5.51. The molecule has 0 aromatic heterocycles. The Balaban J connectivity index is 2.77. The summed E-state index contributed by atoms with van der Waals surface area (Å²) in [5.41, 5.74) is 0.767. The van der Waals surface area contributed by atoms with Gasteiger partial charge in [-0.2, -0.15) is 5.26 Å². The van der Waals surface area contributed by atoms with E-state index in [0.29, 0.717) is 6.42 Å². The van der Waals surface area contributed by atoms with Gasteiger partial charge in [0.1, 0.15) is 5.82 Å². The molecule has 0 heterocycles. The molecular weight excluding hydrogens is 177 g/mol. The van der Waals surface area contributed by atoms with Crippen molar-refractivity contribution in [1.29, 1.82) is 5.26 Å². The maximum absolute atomic E-state index is 12.6. The van der Waals surface area contributed by atoms with Crippen molar-refractivity contribution in [3.05, 3.63) is 41.0 Å². The molecule has 0 aliphatic rings. The number of nitriles is 1. The summed E-state index contributed by atoms with van der Waals surface area (Å²) in [5, 5.41) is 8.35. The lowest BCUT2D eigenvalue weighted by Gasteiger charge is -1.97. The van der Waals surface area contributed by atoms with Gasteiger partial charge in [-0.1, -0.05) is 17.7 Å². The van der Waals surface area contributed by atoms with E-state index in [1.807, 2.05) is 6.07 Å². The third-order valence-electron chi connectivity index (χ3n) is 1.37. The second-order valence-electron chi connectivity index (χ2n) is 2.24. The fourth-order valence-corrected chi connectivity index (χ4v) is 0.992. The topological polar surface area (TPSA) is 23.8 Å². The number of nitrogens with zero attached hydrogens (tertiary/aromatic N) is 1. The van der Waals surface area contributed by atoms with E-state index >= 15 is 0 Å². The molecule has 0 fully saturated rings. The van der Waals surface area contributed by atoms with Crippen LogP contribution in [0, 0.1) is 23.6 Å². The zero-order valence-corrected chi connectivity index (χ0v) is 6.98. The Kier molecular flexibility index (Phi) is 3.07. The van der Waals surface area contributed by atoms with Crippen molar-refractivity contribution in [2.45, 2.75) is 6.42 Å². The largest absolute Gasteiger partial charge is 0.205 e. The Bertz CT molecular complexity index is 317. The zero-order valence-electron chi connectivity index (χ0n) is 6.22. The molecule has 1 nitrogen and oxygen atoms in total. The minimum absolute atomic E-state index is 0.0849. The van der Waals surface area contributed by atoms with Gasteiger partial charge < -0.3 is 0 Å². The molecule has 1 aromatic carbocycles. The van der Waals surface area contributed by atoms with E-state index in [2.05, 4.69) is 0 Å². The third kappa shape index (κ3) is 2.21. The van der Waals surface area contributed by atoms with Gasteiger partial charge >= 0.3 is 0 Å². The van der Waals surface area contributed by atoms with E-state index in [0.717, 1.165) is 5.56 Å².